The first-order valence-corrected chi connectivity index (χ1v) is 10.5. The summed E-state index contributed by atoms with van der Waals surface area (Å²) in [4.78, 5) is 23.5. The van der Waals surface area contributed by atoms with Gasteiger partial charge >= 0.3 is 0 Å². The summed E-state index contributed by atoms with van der Waals surface area (Å²) < 4.78 is 0. The van der Waals surface area contributed by atoms with Crippen molar-refractivity contribution in [3.8, 4) is 0 Å². The Balaban J connectivity index is 1.35. The van der Waals surface area contributed by atoms with Crippen LogP contribution in [0.1, 0.15) is 64.2 Å². The van der Waals surface area contributed by atoms with Gasteiger partial charge < -0.3 is 33.6 Å². The fraction of sp³-hybridized carbons (Fsp3) is 0.667. The smallest absolute Gasteiger partial charge is 0.229 e. The van der Waals surface area contributed by atoms with E-state index < -0.39 is 0 Å². The van der Waals surface area contributed by atoms with E-state index in [4.69, 9.17) is 22.9 Å². The zero-order valence-corrected chi connectivity index (χ0v) is 17.5. The minimum Gasteiger partial charge on any atom is -0.368 e. The first-order chi connectivity index (χ1) is 14.5. The molecule has 2 rings (SSSR count). The molecule has 30 heavy (non-hydrogen) atoms. The van der Waals surface area contributed by atoms with Crippen molar-refractivity contribution in [3.05, 3.63) is 0 Å². The molecule has 0 aliphatic heterocycles. The summed E-state index contributed by atoms with van der Waals surface area (Å²) >= 11 is 0. The topological polar surface area (TPSA) is 205 Å². The fourth-order valence-corrected chi connectivity index (χ4v) is 3.04. The van der Waals surface area contributed by atoms with Crippen LogP contribution in [0.4, 0.5) is 35.7 Å². The van der Waals surface area contributed by atoms with E-state index in [2.05, 4.69) is 40.5 Å². The van der Waals surface area contributed by atoms with Crippen LogP contribution in [-0.2, 0) is 0 Å². The average Bonchev–Trinajstić information content (AvgIpc) is 2.66. The maximum atomic E-state index is 5.54. The minimum atomic E-state index is 0.138. The standard InChI is InChI=1S/C18H34N12/c19-13-25-14(20)28-17(27-13)23-11-9-7-5-3-1-2-4-6-8-10-12-24-18-29-15(21)26-16(22)30-18/h1-12H2,(H5,19,20,23,25,27,28)(H5,21,22,24,26,29,30). The highest BCUT2D eigenvalue weighted by atomic mass is 15.2. The number of nitrogens with zero attached hydrogens (tertiary/aromatic N) is 6. The molecule has 166 valence electrons. The molecule has 0 unspecified atom stereocenters. The number of rotatable bonds is 15. The van der Waals surface area contributed by atoms with Crippen molar-refractivity contribution in [2.45, 2.75) is 64.2 Å². The van der Waals surface area contributed by atoms with Crippen LogP contribution in [0.15, 0.2) is 0 Å². The highest BCUT2D eigenvalue weighted by Crippen LogP contribution is 2.11. The number of nitrogens with one attached hydrogen (secondary N) is 2. The molecule has 0 amide bonds. The highest BCUT2D eigenvalue weighted by molar-refractivity contribution is 5.37. The van der Waals surface area contributed by atoms with Crippen LogP contribution in [0, 0.1) is 0 Å². The molecule has 0 atom stereocenters. The number of nitrogen functional groups attached to an aromatic ring is 4. The molecular weight excluding hydrogens is 384 g/mol. The fourth-order valence-electron chi connectivity index (χ4n) is 3.04. The molecule has 0 aliphatic rings. The van der Waals surface area contributed by atoms with Gasteiger partial charge in [-0.05, 0) is 12.8 Å². The summed E-state index contributed by atoms with van der Waals surface area (Å²) in [7, 11) is 0. The molecule has 12 heteroatoms. The summed E-state index contributed by atoms with van der Waals surface area (Å²) in [5, 5.41) is 6.25. The highest BCUT2D eigenvalue weighted by Gasteiger charge is 2.01. The number of anilines is 6. The molecular formula is C18H34N12. The van der Waals surface area contributed by atoms with Gasteiger partial charge in [0.25, 0.3) is 0 Å². The Kier molecular flexibility index (Phi) is 10.1. The van der Waals surface area contributed by atoms with E-state index in [0.717, 1.165) is 25.9 Å². The van der Waals surface area contributed by atoms with Gasteiger partial charge in [0.05, 0.1) is 0 Å². The van der Waals surface area contributed by atoms with Crippen molar-refractivity contribution < 1.29 is 0 Å². The van der Waals surface area contributed by atoms with E-state index in [0.29, 0.717) is 11.9 Å². The number of hydrogen-bond acceptors (Lipinski definition) is 12. The average molecular weight is 419 g/mol. The second kappa shape index (κ2) is 13.1. The third-order valence-corrected chi connectivity index (χ3v) is 4.51. The van der Waals surface area contributed by atoms with Crippen molar-refractivity contribution in [2.75, 3.05) is 46.7 Å². The van der Waals surface area contributed by atoms with Gasteiger partial charge in [-0.2, -0.15) is 29.9 Å². The molecule has 10 N–H and O–H groups in total. The molecule has 0 aromatic carbocycles. The van der Waals surface area contributed by atoms with E-state index >= 15 is 0 Å². The Bertz CT molecular complexity index is 650. The van der Waals surface area contributed by atoms with Crippen molar-refractivity contribution in [1.82, 2.24) is 29.9 Å². The summed E-state index contributed by atoms with van der Waals surface area (Å²) in [6.07, 6.45) is 12.1. The minimum absolute atomic E-state index is 0.138. The zero-order chi connectivity index (χ0) is 21.6. The van der Waals surface area contributed by atoms with E-state index in [1.54, 1.807) is 0 Å². The molecule has 0 saturated heterocycles. The number of unbranched alkanes of at least 4 members (excludes halogenated alkanes) is 9. The van der Waals surface area contributed by atoms with Crippen molar-refractivity contribution in [1.29, 1.82) is 0 Å². The first-order valence-electron chi connectivity index (χ1n) is 10.5. The Labute approximate surface area is 177 Å². The molecule has 0 saturated carbocycles. The van der Waals surface area contributed by atoms with Gasteiger partial charge in [0.1, 0.15) is 0 Å². The molecule has 0 fully saturated rings. The number of nitrogens with two attached hydrogens (primary N) is 4. The van der Waals surface area contributed by atoms with Crippen LogP contribution in [0.5, 0.6) is 0 Å². The quantitative estimate of drug-likeness (QED) is 0.229. The molecule has 2 aromatic rings. The van der Waals surface area contributed by atoms with Crippen LogP contribution in [0.2, 0.25) is 0 Å². The van der Waals surface area contributed by atoms with Gasteiger partial charge in [-0.15, -0.1) is 0 Å². The predicted octanol–water partition coefficient (Wildman–Crippen LogP) is 1.81. The zero-order valence-electron chi connectivity index (χ0n) is 17.5. The number of hydrogen-bond donors (Lipinski definition) is 6. The molecule has 0 bridgehead atoms. The molecule has 0 spiro atoms. The molecule has 12 nitrogen and oxygen atoms in total. The van der Waals surface area contributed by atoms with Crippen molar-refractivity contribution >= 4 is 35.7 Å². The van der Waals surface area contributed by atoms with E-state index in [-0.39, 0.29) is 23.8 Å². The summed E-state index contributed by atoms with van der Waals surface area (Å²) in [5.41, 5.74) is 22.1. The maximum Gasteiger partial charge on any atom is 0.229 e. The van der Waals surface area contributed by atoms with E-state index in [1.165, 1.54) is 51.4 Å². The lowest BCUT2D eigenvalue weighted by atomic mass is 10.1. The third-order valence-electron chi connectivity index (χ3n) is 4.51. The molecule has 2 aromatic heterocycles. The van der Waals surface area contributed by atoms with Crippen LogP contribution in [0.25, 0.3) is 0 Å². The van der Waals surface area contributed by atoms with Gasteiger partial charge in [-0.1, -0.05) is 51.4 Å². The Hall–Kier alpha value is -3.18. The Morgan fingerprint density at radius 3 is 0.967 bits per heavy atom. The second-order valence-electron chi connectivity index (χ2n) is 7.14. The molecule has 0 radical (unpaired) electrons. The van der Waals surface area contributed by atoms with Crippen LogP contribution >= 0.6 is 0 Å². The van der Waals surface area contributed by atoms with E-state index in [9.17, 15) is 0 Å². The molecule has 2 heterocycles. The monoisotopic (exact) mass is 418 g/mol. The second-order valence-corrected chi connectivity index (χ2v) is 7.14. The summed E-state index contributed by atoms with van der Waals surface area (Å²) in [6, 6.07) is 0. The normalized spacial score (nSPS) is 10.8. The van der Waals surface area contributed by atoms with Crippen LogP contribution in [0.3, 0.4) is 0 Å². The van der Waals surface area contributed by atoms with Crippen LogP contribution < -0.4 is 33.6 Å². The Morgan fingerprint density at radius 1 is 0.400 bits per heavy atom. The van der Waals surface area contributed by atoms with Gasteiger partial charge in [0, 0.05) is 13.1 Å². The maximum absolute atomic E-state index is 5.54. The number of aromatic nitrogens is 6. The lowest BCUT2D eigenvalue weighted by Crippen LogP contribution is -2.10. The lowest BCUT2D eigenvalue weighted by Gasteiger charge is -2.06. The molecule has 0 aliphatic carbocycles. The van der Waals surface area contributed by atoms with Crippen molar-refractivity contribution in [2.24, 2.45) is 0 Å². The SMILES string of the molecule is Nc1nc(N)nc(NCCCCCCCCCCCCNc2nc(N)nc(N)n2)n1. The third kappa shape index (κ3) is 9.85. The van der Waals surface area contributed by atoms with Gasteiger partial charge in [0.15, 0.2) is 0 Å². The Morgan fingerprint density at radius 2 is 0.667 bits per heavy atom. The van der Waals surface area contributed by atoms with Gasteiger partial charge in [-0.25, -0.2) is 0 Å². The van der Waals surface area contributed by atoms with E-state index in [1.807, 2.05) is 0 Å². The van der Waals surface area contributed by atoms with Gasteiger partial charge in [0.2, 0.25) is 35.7 Å². The lowest BCUT2D eigenvalue weighted by molar-refractivity contribution is 0.557. The summed E-state index contributed by atoms with van der Waals surface area (Å²) in [6.45, 7) is 1.61. The van der Waals surface area contributed by atoms with Crippen LogP contribution in [-0.4, -0.2) is 43.0 Å². The predicted molar refractivity (Wildman–Crippen MR) is 120 cm³/mol. The van der Waals surface area contributed by atoms with Gasteiger partial charge in [-0.3, -0.25) is 0 Å². The summed E-state index contributed by atoms with van der Waals surface area (Å²) in [5.74, 6) is 1.44. The van der Waals surface area contributed by atoms with Crippen molar-refractivity contribution in [3.63, 3.8) is 0 Å². The first kappa shape index (κ1) is 23.1. The largest absolute Gasteiger partial charge is 0.368 e.